The van der Waals surface area contributed by atoms with Crippen LogP contribution in [0.15, 0.2) is 0 Å². The molecule has 15 heavy (non-hydrogen) atoms. The van der Waals surface area contributed by atoms with E-state index < -0.39 is 0 Å². The summed E-state index contributed by atoms with van der Waals surface area (Å²) in [5.74, 6) is 0.930. The van der Waals surface area contributed by atoms with Gasteiger partial charge in [-0.3, -0.25) is 0 Å². The first-order chi connectivity index (χ1) is 7.18. The van der Waals surface area contributed by atoms with Gasteiger partial charge in [0.05, 0.1) is 0 Å². The molecule has 2 rings (SSSR count). The van der Waals surface area contributed by atoms with Crippen LogP contribution in [0.5, 0.6) is 0 Å². The van der Waals surface area contributed by atoms with Gasteiger partial charge in [-0.15, -0.1) is 0 Å². The highest BCUT2D eigenvalue weighted by molar-refractivity contribution is 4.87. The Balaban J connectivity index is 1.72. The quantitative estimate of drug-likeness (QED) is 0.746. The summed E-state index contributed by atoms with van der Waals surface area (Å²) in [5, 5.41) is 3.82. The van der Waals surface area contributed by atoms with Gasteiger partial charge in [-0.25, -0.2) is 0 Å². The Kier molecular flexibility index (Phi) is 3.71. The average molecular weight is 209 g/mol. The molecule has 0 heterocycles. The number of nitrogens with one attached hydrogen (secondary N) is 1. The molecule has 2 aliphatic rings. The zero-order valence-corrected chi connectivity index (χ0v) is 10.5. The summed E-state index contributed by atoms with van der Waals surface area (Å²) in [5.41, 5.74) is 0.599. The van der Waals surface area contributed by atoms with Crippen LogP contribution in [-0.2, 0) is 0 Å². The summed E-state index contributed by atoms with van der Waals surface area (Å²) < 4.78 is 0. The predicted molar refractivity (Wildman–Crippen MR) is 66.0 cm³/mol. The van der Waals surface area contributed by atoms with E-state index in [9.17, 15) is 0 Å². The van der Waals surface area contributed by atoms with Gasteiger partial charge in [-0.1, -0.05) is 39.5 Å². The summed E-state index contributed by atoms with van der Waals surface area (Å²) >= 11 is 0. The van der Waals surface area contributed by atoms with Crippen molar-refractivity contribution in [1.29, 1.82) is 0 Å². The number of hydrogen-bond acceptors (Lipinski definition) is 1. The fraction of sp³-hybridized carbons (Fsp3) is 1.00. The molecule has 2 aliphatic carbocycles. The van der Waals surface area contributed by atoms with Crippen molar-refractivity contribution in [3.8, 4) is 0 Å². The van der Waals surface area contributed by atoms with Crippen molar-refractivity contribution in [2.45, 2.75) is 71.3 Å². The molecular weight excluding hydrogens is 182 g/mol. The second kappa shape index (κ2) is 4.86. The molecule has 0 radical (unpaired) electrons. The number of rotatable bonds is 3. The van der Waals surface area contributed by atoms with Crippen LogP contribution in [0.1, 0.15) is 65.2 Å². The molecule has 1 heteroatoms. The molecule has 0 aliphatic heterocycles. The van der Waals surface area contributed by atoms with Crippen LogP contribution in [0.3, 0.4) is 0 Å². The zero-order valence-electron chi connectivity index (χ0n) is 10.5. The van der Waals surface area contributed by atoms with Crippen molar-refractivity contribution < 1.29 is 0 Å². The fourth-order valence-electron chi connectivity index (χ4n) is 3.39. The molecule has 1 unspecified atom stereocenters. The van der Waals surface area contributed by atoms with E-state index in [0.29, 0.717) is 5.41 Å². The maximum absolute atomic E-state index is 3.82. The Hall–Kier alpha value is -0.0400. The van der Waals surface area contributed by atoms with Crippen molar-refractivity contribution in [3.63, 3.8) is 0 Å². The first kappa shape index (κ1) is 11.4. The van der Waals surface area contributed by atoms with Crippen molar-refractivity contribution >= 4 is 0 Å². The highest BCUT2D eigenvalue weighted by atomic mass is 14.9. The standard InChI is InChI=1S/C14H27N/c1-14(2)10-6-7-12(14)11-15-13-8-4-3-5-9-13/h12-13,15H,3-11H2,1-2H3. The fourth-order valence-corrected chi connectivity index (χ4v) is 3.39. The van der Waals surface area contributed by atoms with Crippen molar-refractivity contribution in [2.75, 3.05) is 6.54 Å². The normalized spacial score (nSPS) is 32.0. The van der Waals surface area contributed by atoms with Crippen LogP contribution >= 0.6 is 0 Å². The molecule has 0 aromatic rings. The first-order valence-electron chi connectivity index (χ1n) is 6.92. The molecule has 0 spiro atoms. The van der Waals surface area contributed by atoms with Crippen molar-refractivity contribution in [3.05, 3.63) is 0 Å². The molecule has 88 valence electrons. The monoisotopic (exact) mass is 209 g/mol. The third-order valence-corrected chi connectivity index (χ3v) is 4.74. The van der Waals surface area contributed by atoms with Crippen LogP contribution in [0.25, 0.3) is 0 Å². The Morgan fingerprint density at radius 1 is 1.00 bits per heavy atom. The van der Waals surface area contributed by atoms with Crippen LogP contribution in [-0.4, -0.2) is 12.6 Å². The predicted octanol–water partition coefficient (Wildman–Crippen LogP) is 3.74. The SMILES string of the molecule is CC1(C)CCCC1CNC1CCCCC1. The van der Waals surface area contributed by atoms with Gasteiger partial charge in [0.25, 0.3) is 0 Å². The lowest BCUT2D eigenvalue weighted by Gasteiger charge is -2.30. The lowest BCUT2D eigenvalue weighted by atomic mass is 9.81. The smallest absolute Gasteiger partial charge is 0.00671 e. The number of hydrogen-bond donors (Lipinski definition) is 1. The van der Waals surface area contributed by atoms with Gasteiger partial charge >= 0.3 is 0 Å². The van der Waals surface area contributed by atoms with E-state index in [4.69, 9.17) is 0 Å². The first-order valence-corrected chi connectivity index (χ1v) is 6.92. The Bertz CT molecular complexity index is 192. The molecule has 0 bridgehead atoms. The summed E-state index contributed by atoms with van der Waals surface area (Å²) in [6.07, 6.45) is 11.5. The van der Waals surface area contributed by atoms with E-state index in [2.05, 4.69) is 19.2 Å². The minimum atomic E-state index is 0.599. The van der Waals surface area contributed by atoms with E-state index in [1.807, 2.05) is 0 Å². The van der Waals surface area contributed by atoms with E-state index in [1.165, 1.54) is 57.9 Å². The molecule has 0 aromatic carbocycles. The van der Waals surface area contributed by atoms with Gasteiger partial charge < -0.3 is 5.32 Å². The minimum Gasteiger partial charge on any atom is -0.314 e. The van der Waals surface area contributed by atoms with Crippen LogP contribution in [0.2, 0.25) is 0 Å². The van der Waals surface area contributed by atoms with Crippen LogP contribution in [0, 0.1) is 11.3 Å². The van der Waals surface area contributed by atoms with Gasteiger partial charge in [0.1, 0.15) is 0 Å². The molecular formula is C14H27N. The Morgan fingerprint density at radius 3 is 2.33 bits per heavy atom. The average Bonchev–Trinajstić information content (AvgIpc) is 2.56. The maximum Gasteiger partial charge on any atom is 0.00671 e. The largest absolute Gasteiger partial charge is 0.314 e. The topological polar surface area (TPSA) is 12.0 Å². The van der Waals surface area contributed by atoms with E-state index in [1.54, 1.807) is 0 Å². The highest BCUT2D eigenvalue weighted by Crippen LogP contribution is 2.42. The minimum absolute atomic E-state index is 0.599. The lowest BCUT2D eigenvalue weighted by Crippen LogP contribution is -2.37. The summed E-state index contributed by atoms with van der Waals surface area (Å²) in [6, 6.07) is 0.843. The molecule has 0 saturated heterocycles. The molecule has 0 amide bonds. The zero-order chi connectivity index (χ0) is 10.7. The summed E-state index contributed by atoms with van der Waals surface area (Å²) in [4.78, 5) is 0. The van der Waals surface area contributed by atoms with Crippen molar-refractivity contribution in [1.82, 2.24) is 5.32 Å². The third-order valence-electron chi connectivity index (χ3n) is 4.74. The molecule has 1 nitrogen and oxygen atoms in total. The second-order valence-electron chi connectivity index (χ2n) is 6.32. The molecule has 2 fully saturated rings. The Labute approximate surface area is 95.0 Å². The highest BCUT2D eigenvalue weighted by Gasteiger charge is 2.34. The summed E-state index contributed by atoms with van der Waals surface area (Å²) in [6.45, 7) is 6.18. The van der Waals surface area contributed by atoms with Gasteiger partial charge in [0.15, 0.2) is 0 Å². The van der Waals surface area contributed by atoms with E-state index >= 15 is 0 Å². The van der Waals surface area contributed by atoms with Gasteiger partial charge in [0.2, 0.25) is 0 Å². The van der Waals surface area contributed by atoms with Gasteiger partial charge in [0, 0.05) is 6.04 Å². The van der Waals surface area contributed by atoms with E-state index in [0.717, 1.165) is 12.0 Å². The molecule has 1 N–H and O–H groups in total. The molecule has 2 saturated carbocycles. The van der Waals surface area contributed by atoms with Crippen molar-refractivity contribution in [2.24, 2.45) is 11.3 Å². The lowest BCUT2D eigenvalue weighted by molar-refractivity contribution is 0.235. The third kappa shape index (κ3) is 2.96. The summed E-state index contributed by atoms with van der Waals surface area (Å²) in [7, 11) is 0. The van der Waals surface area contributed by atoms with E-state index in [-0.39, 0.29) is 0 Å². The molecule has 0 aromatic heterocycles. The van der Waals surface area contributed by atoms with Gasteiger partial charge in [-0.05, 0) is 43.6 Å². The van der Waals surface area contributed by atoms with Crippen LogP contribution in [0.4, 0.5) is 0 Å². The second-order valence-corrected chi connectivity index (χ2v) is 6.32. The molecule has 1 atom stereocenters. The van der Waals surface area contributed by atoms with Gasteiger partial charge in [-0.2, -0.15) is 0 Å². The maximum atomic E-state index is 3.82. The van der Waals surface area contributed by atoms with Crippen LogP contribution < -0.4 is 5.32 Å². The Morgan fingerprint density at radius 2 is 1.73 bits per heavy atom.